The van der Waals surface area contributed by atoms with E-state index in [0.29, 0.717) is 17.2 Å². The molecule has 7 nitrogen and oxygen atoms in total. The predicted octanol–water partition coefficient (Wildman–Crippen LogP) is 3.41. The molecule has 4 heterocycles. The molecule has 5 aromatic rings. The molecule has 4 aromatic heterocycles. The molecule has 5 rings (SSSR count). The number of hydrogen-bond donors (Lipinski definition) is 1. The zero-order valence-corrected chi connectivity index (χ0v) is 14.0. The average Bonchev–Trinajstić information content (AvgIpc) is 3.39. The van der Waals surface area contributed by atoms with Crippen molar-refractivity contribution in [2.45, 2.75) is 0 Å². The second kappa shape index (κ2) is 6.06. The highest BCUT2D eigenvalue weighted by Gasteiger charge is 2.12. The number of rotatable bonds is 3. The molecule has 0 aliphatic heterocycles. The molecule has 1 N–H and O–H groups in total. The number of oxazole rings is 1. The Hall–Kier alpha value is -4.00. The van der Waals surface area contributed by atoms with Crippen molar-refractivity contribution in [3.8, 4) is 34.0 Å². The van der Waals surface area contributed by atoms with Crippen LogP contribution in [0.4, 0.5) is 0 Å². The Morgan fingerprint density at radius 3 is 2.56 bits per heavy atom. The van der Waals surface area contributed by atoms with Gasteiger partial charge < -0.3 is 9.40 Å². The lowest BCUT2D eigenvalue weighted by atomic mass is 10.1. The first-order valence-corrected chi connectivity index (χ1v) is 8.32. The molecule has 0 radical (unpaired) electrons. The van der Waals surface area contributed by atoms with E-state index in [2.05, 4.69) is 20.1 Å². The summed E-state index contributed by atoms with van der Waals surface area (Å²) in [5.41, 5.74) is 4.35. The Labute approximate surface area is 153 Å². The summed E-state index contributed by atoms with van der Waals surface area (Å²) in [7, 11) is 0. The topological polar surface area (TPSA) is 89.1 Å². The van der Waals surface area contributed by atoms with E-state index in [1.54, 1.807) is 18.6 Å². The Morgan fingerprint density at radius 1 is 0.963 bits per heavy atom. The predicted molar refractivity (Wildman–Crippen MR) is 100.0 cm³/mol. The molecule has 7 heteroatoms. The van der Waals surface area contributed by atoms with Crippen LogP contribution in [0.25, 0.3) is 39.6 Å². The van der Waals surface area contributed by atoms with Gasteiger partial charge in [0.25, 0.3) is 5.56 Å². The summed E-state index contributed by atoms with van der Waals surface area (Å²) in [6, 6.07) is 14.8. The van der Waals surface area contributed by atoms with Crippen LogP contribution >= 0.6 is 0 Å². The molecule has 27 heavy (non-hydrogen) atoms. The minimum atomic E-state index is -0.210. The molecule has 0 fully saturated rings. The van der Waals surface area contributed by atoms with Crippen LogP contribution in [0.3, 0.4) is 0 Å². The maximum Gasteiger partial charge on any atom is 0.274 e. The van der Waals surface area contributed by atoms with Crippen LogP contribution in [-0.4, -0.2) is 24.6 Å². The first-order chi connectivity index (χ1) is 13.3. The summed E-state index contributed by atoms with van der Waals surface area (Å²) in [5.74, 6) is 0.554. The third kappa shape index (κ3) is 2.62. The lowest BCUT2D eigenvalue weighted by Gasteiger charge is -2.05. The molecule has 0 amide bonds. The van der Waals surface area contributed by atoms with Crippen molar-refractivity contribution in [3.63, 3.8) is 0 Å². The highest BCUT2D eigenvalue weighted by molar-refractivity contribution is 5.76. The summed E-state index contributed by atoms with van der Waals surface area (Å²) >= 11 is 0. The van der Waals surface area contributed by atoms with Crippen molar-refractivity contribution in [1.82, 2.24) is 24.6 Å². The van der Waals surface area contributed by atoms with E-state index in [9.17, 15) is 4.79 Å². The molecular weight excluding hydrogens is 342 g/mol. The number of nitrogens with one attached hydrogen (secondary N) is 1. The van der Waals surface area contributed by atoms with E-state index in [0.717, 1.165) is 22.4 Å². The van der Waals surface area contributed by atoms with Gasteiger partial charge in [-0.05, 0) is 29.8 Å². The monoisotopic (exact) mass is 355 g/mol. The summed E-state index contributed by atoms with van der Waals surface area (Å²) in [4.78, 5) is 24.3. The lowest BCUT2D eigenvalue weighted by Crippen LogP contribution is -2.14. The van der Waals surface area contributed by atoms with Gasteiger partial charge in [0.2, 0.25) is 5.89 Å². The fourth-order valence-electron chi connectivity index (χ4n) is 3.01. The quantitative estimate of drug-likeness (QED) is 0.536. The van der Waals surface area contributed by atoms with Gasteiger partial charge in [-0.1, -0.05) is 18.2 Å². The van der Waals surface area contributed by atoms with Gasteiger partial charge in [-0.3, -0.25) is 9.78 Å². The van der Waals surface area contributed by atoms with Crippen molar-refractivity contribution in [3.05, 3.63) is 83.7 Å². The maximum atomic E-state index is 12.5. The summed E-state index contributed by atoms with van der Waals surface area (Å²) in [6.07, 6.45) is 6.49. The molecule has 0 aliphatic rings. The van der Waals surface area contributed by atoms with Crippen molar-refractivity contribution >= 4 is 5.65 Å². The molecule has 1 aromatic carbocycles. The van der Waals surface area contributed by atoms with Crippen molar-refractivity contribution in [2.24, 2.45) is 0 Å². The van der Waals surface area contributed by atoms with Gasteiger partial charge in [-0.25, -0.2) is 4.98 Å². The number of nitrogens with zero attached hydrogens (tertiary/aromatic N) is 4. The molecule has 130 valence electrons. The van der Waals surface area contributed by atoms with Gasteiger partial charge in [0.1, 0.15) is 11.9 Å². The van der Waals surface area contributed by atoms with Crippen LogP contribution in [0, 0.1) is 0 Å². The molecular formula is C20H13N5O2. The van der Waals surface area contributed by atoms with Gasteiger partial charge in [-0.2, -0.15) is 9.61 Å². The van der Waals surface area contributed by atoms with Gasteiger partial charge in [0.15, 0.2) is 0 Å². The van der Waals surface area contributed by atoms with Gasteiger partial charge in [0.05, 0.1) is 29.3 Å². The number of fused-ring (bicyclic) bond motifs is 1. The Bertz CT molecular complexity index is 1270. The van der Waals surface area contributed by atoms with E-state index < -0.39 is 0 Å². The van der Waals surface area contributed by atoms with E-state index in [1.807, 2.05) is 42.5 Å². The minimum Gasteiger partial charge on any atom is -0.445 e. The largest absolute Gasteiger partial charge is 0.445 e. The fourth-order valence-corrected chi connectivity index (χ4v) is 3.01. The van der Waals surface area contributed by atoms with Crippen molar-refractivity contribution in [2.75, 3.05) is 0 Å². The van der Waals surface area contributed by atoms with Gasteiger partial charge >= 0.3 is 0 Å². The molecule has 0 saturated heterocycles. The second-order valence-corrected chi connectivity index (χ2v) is 5.97. The highest BCUT2D eigenvalue weighted by Crippen LogP contribution is 2.25. The smallest absolute Gasteiger partial charge is 0.274 e. The second-order valence-electron chi connectivity index (χ2n) is 5.97. The van der Waals surface area contributed by atoms with Crippen LogP contribution in [0.15, 0.2) is 82.6 Å². The van der Waals surface area contributed by atoms with Crippen LogP contribution in [0.2, 0.25) is 0 Å². The third-order valence-electron chi connectivity index (χ3n) is 4.31. The summed E-state index contributed by atoms with van der Waals surface area (Å²) < 4.78 is 6.65. The number of H-pyrrole nitrogens is 1. The molecule has 0 saturated carbocycles. The van der Waals surface area contributed by atoms with E-state index in [4.69, 9.17) is 4.42 Å². The fraction of sp³-hybridized carbons (Fsp3) is 0. The standard InChI is InChI=1S/C20H13N5O2/c26-18-11-17(13-4-6-14(7-5-13)20-22-9-10-27-20)24-19-15(12-23-25(18)19)16-3-1-2-8-21-16/h1-12,24H. The van der Waals surface area contributed by atoms with E-state index in [1.165, 1.54) is 16.8 Å². The van der Waals surface area contributed by atoms with Crippen LogP contribution in [0.5, 0.6) is 0 Å². The molecule has 0 bridgehead atoms. The SMILES string of the molecule is O=c1cc(-c2ccc(-c3ncco3)cc2)[nH]c2c(-c3ccccn3)cnn12. The van der Waals surface area contributed by atoms with Gasteiger partial charge in [-0.15, -0.1) is 0 Å². The summed E-state index contributed by atoms with van der Waals surface area (Å²) in [6.45, 7) is 0. The number of aromatic nitrogens is 5. The van der Waals surface area contributed by atoms with Crippen molar-refractivity contribution < 1.29 is 4.42 Å². The van der Waals surface area contributed by atoms with Crippen LogP contribution in [0.1, 0.15) is 0 Å². The number of benzene rings is 1. The first-order valence-electron chi connectivity index (χ1n) is 8.32. The average molecular weight is 355 g/mol. The third-order valence-corrected chi connectivity index (χ3v) is 4.31. The lowest BCUT2D eigenvalue weighted by molar-refractivity contribution is 0.574. The van der Waals surface area contributed by atoms with Crippen LogP contribution < -0.4 is 5.56 Å². The van der Waals surface area contributed by atoms with E-state index in [-0.39, 0.29) is 5.56 Å². The van der Waals surface area contributed by atoms with Crippen LogP contribution in [-0.2, 0) is 0 Å². The Morgan fingerprint density at radius 2 is 1.81 bits per heavy atom. The number of hydrogen-bond acceptors (Lipinski definition) is 5. The Balaban J connectivity index is 1.63. The highest BCUT2D eigenvalue weighted by atomic mass is 16.3. The maximum absolute atomic E-state index is 12.5. The first kappa shape index (κ1) is 15.3. The Kier molecular flexibility index (Phi) is 3.43. The number of pyridine rings is 1. The minimum absolute atomic E-state index is 0.210. The zero-order valence-electron chi connectivity index (χ0n) is 14.0. The molecule has 0 atom stereocenters. The normalized spacial score (nSPS) is 11.1. The molecule has 0 unspecified atom stereocenters. The molecule has 0 aliphatic carbocycles. The molecule has 0 spiro atoms. The van der Waals surface area contributed by atoms with E-state index >= 15 is 0 Å². The van der Waals surface area contributed by atoms with Gasteiger partial charge in [0, 0.05) is 17.8 Å². The van der Waals surface area contributed by atoms with Crippen molar-refractivity contribution in [1.29, 1.82) is 0 Å². The zero-order chi connectivity index (χ0) is 18.2. The summed E-state index contributed by atoms with van der Waals surface area (Å²) in [5, 5.41) is 4.19. The number of aromatic amines is 1.